The molecule has 23 heavy (non-hydrogen) atoms. The lowest BCUT2D eigenvalue weighted by Gasteiger charge is -2.07. The Morgan fingerprint density at radius 2 is 1.74 bits per heavy atom. The molecule has 1 heterocycles. The number of ether oxygens (including phenoxy) is 1. The number of alkyl halides is 1. The van der Waals surface area contributed by atoms with Crippen LogP contribution in [0.25, 0.3) is 11.4 Å². The average Bonchev–Trinajstić information content (AvgIpc) is 2.59. The van der Waals surface area contributed by atoms with Crippen molar-refractivity contribution >= 4 is 0 Å². The van der Waals surface area contributed by atoms with Crippen LogP contribution < -0.4 is 4.74 Å². The minimum atomic E-state index is -0.654. The van der Waals surface area contributed by atoms with Gasteiger partial charge in [-0.05, 0) is 32.6 Å². The Kier molecular flexibility index (Phi) is 6.98. The van der Waals surface area contributed by atoms with Crippen LogP contribution in [0, 0.1) is 6.92 Å². The summed E-state index contributed by atoms with van der Waals surface area (Å²) < 4.78 is 18.7. The zero-order chi connectivity index (χ0) is 16.5. The van der Waals surface area contributed by atoms with Gasteiger partial charge in [0.1, 0.15) is 0 Å². The van der Waals surface area contributed by atoms with E-state index in [0.29, 0.717) is 31.0 Å². The first-order valence-corrected chi connectivity index (χ1v) is 8.35. The van der Waals surface area contributed by atoms with Crippen LogP contribution in [0.5, 0.6) is 5.75 Å². The van der Waals surface area contributed by atoms with E-state index in [1.165, 1.54) is 5.56 Å². The minimum absolute atomic E-state index is 0.612. The van der Waals surface area contributed by atoms with Crippen LogP contribution in [-0.2, 0) is 0 Å². The van der Waals surface area contributed by atoms with E-state index in [4.69, 9.17) is 4.74 Å². The molecule has 0 amide bonds. The Hall–Kier alpha value is -1.97. The monoisotopic (exact) mass is 316 g/mol. The van der Waals surface area contributed by atoms with Gasteiger partial charge in [0.25, 0.3) is 0 Å². The number of aryl methyl sites for hydroxylation is 1. The lowest BCUT2D eigenvalue weighted by molar-refractivity contribution is 0.279. The van der Waals surface area contributed by atoms with E-state index in [9.17, 15) is 4.39 Å². The van der Waals surface area contributed by atoms with Gasteiger partial charge in [-0.2, -0.15) is 0 Å². The Morgan fingerprint density at radius 1 is 1.04 bits per heavy atom. The number of aromatic nitrogens is 2. The highest BCUT2D eigenvalue weighted by Crippen LogP contribution is 2.17. The molecule has 2 aromatic rings. The van der Waals surface area contributed by atoms with E-state index in [1.54, 1.807) is 12.4 Å². The number of halogens is 1. The molecule has 0 unspecified atom stereocenters. The molecule has 1 aromatic carbocycles. The van der Waals surface area contributed by atoms with Crippen molar-refractivity contribution < 1.29 is 9.13 Å². The number of unbranched alkanes of at least 4 members (excludes halogenated alkanes) is 2. The van der Waals surface area contributed by atoms with Gasteiger partial charge in [0.15, 0.2) is 11.6 Å². The van der Waals surface area contributed by atoms with Gasteiger partial charge in [-0.25, -0.2) is 14.4 Å². The number of rotatable bonds is 9. The molecule has 0 radical (unpaired) electrons. The summed E-state index contributed by atoms with van der Waals surface area (Å²) in [5.41, 5.74) is 2.21. The largest absolute Gasteiger partial charge is 0.490 e. The lowest BCUT2D eigenvalue weighted by Crippen LogP contribution is -2.01. The van der Waals surface area contributed by atoms with Crippen molar-refractivity contribution in [2.24, 2.45) is 0 Å². The highest BCUT2D eigenvalue weighted by Gasteiger charge is 2.03. The van der Waals surface area contributed by atoms with Crippen molar-refractivity contribution in [3.63, 3.8) is 0 Å². The molecule has 0 fully saturated rings. The summed E-state index contributed by atoms with van der Waals surface area (Å²) in [5, 5.41) is 0. The van der Waals surface area contributed by atoms with Gasteiger partial charge in [-0.1, -0.05) is 43.2 Å². The average molecular weight is 316 g/mol. The first-order valence-electron chi connectivity index (χ1n) is 8.35. The topological polar surface area (TPSA) is 35.0 Å². The van der Waals surface area contributed by atoms with Gasteiger partial charge < -0.3 is 4.74 Å². The molecular weight excluding hydrogens is 291 g/mol. The molecule has 124 valence electrons. The first kappa shape index (κ1) is 17.4. The summed E-state index contributed by atoms with van der Waals surface area (Å²) in [5.74, 6) is 1.38. The number of hydrogen-bond donors (Lipinski definition) is 0. The molecule has 0 aliphatic heterocycles. The lowest BCUT2D eigenvalue weighted by atomic mass is 10.1. The van der Waals surface area contributed by atoms with E-state index >= 15 is 0 Å². The first-order chi connectivity index (χ1) is 11.2. The van der Waals surface area contributed by atoms with E-state index in [1.807, 2.05) is 31.2 Å². The van der Waals surface area contributed by atoms with E-state index in [-0.39, 0.29) is 0 Å². The van der Waals surface area contributed by atoms with Gasteiger partial charge in [0, 0.05) is 5.56 Å². The maximum Gasteiger partial charge on any atom is 0.159 e. The van der Waals surface area contributed by atoms with Crippen LogP contribution in [0.1, 0.15) is 44.6 Å². The Balaban J connectivity index is 1.72. The van der Waals surface area contributed by atoms with Crippen molar-refractivity contribution in [3.05, 3.63) is 42.2 Å². The van der Waals surface area contributed by atoms with Crippen LogP contribution in [0.15, 0.2) is 36.7 Å². The summed E-state index contributed by atoms with van der Waals surface area (Å²) in [7, 11) is 0. The smallest absolute Gasteiger partial charge is 0.159 e. The molecular formula is C19H25FN2O. The second-order valence-electron chi connectivity index (χ2n) is 5.81. The van der Waals surface area contributed by atoms with Crippen LogP contribution >= 0.6 is 0 Å². The standard InChI is InChI=1S/C19H25FN2O/c1-3-17(20)7-5-4-6-12-23-18-13-21-19(22-14-18)16-10-8-15(2)9-11-16/h8-11,13-14,17H,3-7,12H2,1-2H3/t17-/m0/s1. The van der Waals surface area contributed by atoms with Gasteiger partial charge in [-0.3, -0.25) is 0 Å². The molecule has 0 saturated carbocycles. The summed E-state index contributed by atoms with van der Waals surface area (Å²) in [4.78, 5) is 8.68. The number of benzene rings is 1. The van der Waals surface area contributed by atoms with E-state index in [2.05, 4.69) is 16.9 Å². The van der Waals surface area contributed by atoms with Crippen LogP contribution in [0.2, 0.25) is 0 Å². The van der Waals surface area contributed by atoms with Crippen LogP contribution in [-0.4, -0.2) is 22.7 Å². The molecule has 0 saturated heterocycles. The summed E-state index contributed by atoms with van der Waals surface area (Å²) in [6, 6.07) is 8.12. The zero-order valence-electron chi connectivity index (χ0n) is 14.0. The van der Waals surface area contributed by atoms with Crippen molar-refractivity contribution in [3.8, 4) is 17.1 Å². The highest BCUT2D eigenvalue weighted by atomic mass is 19.1. The maximum atomic E-state index is 13.1. The van der Waals surface area contributed by atoms with Gasteiger partial charge in [0.2, 0.25) is 0 Å². The van der Waals surface area contributed by atoms with E-state index < -0.39 is 6.17 Å². The molecule has 1 atom stereocenters. The molecule has 0 aliphatic carbocycles. The van der Waals surface area contributed by atoms with Crippen LogP contribution in [0.4, 0.5) is 4.39 Å². The SMILES string of the molecule is CC[C@H](F)CCCCCOc1cnc(-c2ccc(C)cc2)nc1. The Morgan fingerprint density at radius 3 is 2.39 bits per heavy atom. The molecule has 0 N–H and O–H groups in total. The van der Waals surface area contributed by atoms with Crippen molar-refractivity contribution in [1.29, 1.82) is 0 Å². The van der Waals surface area contributed by atoms with Crippen LogP contribution in [0.3, 0.4) is 0 Å². The Bertz CT molecular complexity index is 569. The predicted molar refractivity (Wildman–Crippen MR) is 91.4 cm³/mol. The van der Waals surface area contributed by atoms with Crippen molar-refractivity contribution in [2.45, 2.75) is 52.1 Å². The third kappa shape index (κ3) is 5.97. The quantitative estimate of drug-likeness (QED) is 0.601. The molecule has 1 aromatic heterocycles. The van der Waals surface area contributed by atoms with Gasteiger partial charge in [0.05, 0.1) is 25.2 Å². The maximum absolute atomic E-state index is 13.1. The van der Waals surface area contributed by atoms with E-state index in [0.717, 1.165) is 24.8 Å². The third-order valence-corrected chi connectivity index (χ3v) is 3.81. The summed E-state index contributed by atoms with van der Waals surface area (Å²) in [6.45, 7) is 4.56. The van der Waals surface area contributed by atoms with Gasteiger partial charge in [-0.15, -0.1) is 0 Å². The predicted octanol–water partition coefficient (Wildman–Crippen LogP) is 5.14. The fourth-order valence-corrected chi connectivity index (χ4v) is 2.28. The second kappa shape index (κ2) is 9.23. The normalized spacial score (nSPS) is 12.1. The minimum Gasteiger partial charge on any atom is -0.490 e. The molecule has 0 aliphatic rings. The Labute approximate surface area is 137 Å². The molecule has 3 nitrogen and oxygen atoms in total. The zero-order valence-corrected chi connectivity index (χ0v) is 14.0. The summed E-state index contributed by atoms with van der Waals surface area (Å²) in [6.07, 6.45) is 6.86. The highest BCUT2D eigenvalue weighted by molar-refractivity contribution is 5.55. The third-order valence-electron chi connectivity index (χ3n) is 3.81. The van der Waals surface area contributed by atoms with Crippen molar-refractivity contribution in [1.82, 2.24) is 9.97 Å². The number of nitrogens with zero attached hydrogens (tertiary/aromatic N) is 2. The second-order valence-corrected chi connectivity index (χ2v) is 5.81. The fourth-order valence-electron chi connectivity index (χ4n) is 2.28. The molecule has 4 heteroatoms. The molecule has 2 rings (SSSR count). The number of hydrogen-bond acceptors (Lipinski definition) is 3. The summed E-state index contributed by atoms with van der Waals surface area (Å²) >= 11 is 0. The molecule has 0 bridgehead atoms. The fraction of sp³-hybridized carbons (Fsp3) is 0.474. The van der Waals surface area contributed by atoms with Crippen molar-refractivity contribution in [2.75, 3.05) is 6.61 Å². The van der Waals surface area contributed by atoms with Gasteiger partial charge >= 0.3 is 0 Å². The molecule has 0 spiro atoms.